The van der Waals surface area contributed by atoms with Gasteiger partial charge in [-0.1, -0.05) is 42.5 Å². The van der Waals surface area contributed by atoms with Gasteiger partial charge in [-0.2, -0.15) is 0 Å². The standard InChI is InChI=1S/C19H16N2O2/c22-18(16-10-4-6-12-20-16)19(17-11-5-7-13-21-17)23-14-15-8-2-1-3-9-15/h1-13,19H,14H2. The second kappa shape index (κ2) is 7.42. The van der Waals surface area contributed by atoms with Crippen LogP contribution in [0, 0.1) is 0 Å². The summed E-state index contributed by atoms with van der Waals surface area (Å²) in [6.07, 6.45) is 2.48. The van der Waals surface area contributed by atoms with Gasteiger partial charge in [0.05, 0.1) is 12.3 Å². The minimum Gasteiger partial charge on any atom is -0.359 e. The molecule has 0 saturated heterocycles. The lowest BCUT2D eigenvalue weighted by atomic mass is 10.1. The molecular weight excluding hydrogens is 288 g/mol. The summed E-state index contributed by atoms with van der Waals surface area (Å²) in [5, 5.41) is 0. The number of benzene rings is 1. The van der Waals surface area contributed by atoms with E-state index in [1.165, 1.54) is 0 Å². The quantitative estimate of drug-likeness (QED) is 0.653. The third kappa shape index (κ3) is 3.87. The van der Waals surface area contributed by atoms with E-state index in [4.69, 9.17) is 4.74 Å². The van der Waals surface area contributed by atoms with Crippen LogP contribution in [-0.2, 0) is 11.3 Å². The number of pyridine rings is 2. The molecule has 2 heterocycles. The largest absolute Gasteiger partial charge is 0.359 e. The van der Waals surface area contributed by atoms with Crippen molar-refractivity contribution in [1.82, 2.24) is 9.97 Å². The third-order valence-electron chi connectivity index (χ3n) is 3.37. The van der Waals surface area contributed by atoms with Crippen molar-refractivity contribution in [3.05, 3.63) is 96.1 Å². The van der Waals surface area contributed by atoms with Gasteiger partial charge >= 0.3 is 0 Å². The van der Waals surface area contributed by atoms with Crippen LogP contribution in [0.15, 0.2) is 79.1 Å². The van der Waals surface area contributed by atoms with Crippen molar-refractivity contribution in [3.63, 3.8) is 0 Å². The molecule has 0 N–H and O–H groups in total. The second-order valence-electron chi connectivity index (χ2n) is 5.01. The molecule has 0 bridgehead atoms. The number of nitrogens with zero attached hydrogens (tertiary/aromatic N) is 2. The maximum absolute atomic E-state index is 12.7. The smallest absolute Gasteiger partial charge is 0.215 e. The number of ketones is 1. The molecule has 2 aromatic heterocycles. The topological polar surface area (TPSA) is 52.1 Å². The van der Waals surface area contributed by atoms with E-state index in [0.29, 0.717) is 18.0 Å². The lowest BCUT2D eigenvalue weighted by Gasteiger charge is -2.16. The van der Waals surface area contributed by atoms with E-state index in [0.717, 1.165) is 5.56 Å². The monoisotopic (exact) mass is 304 g/mol. The van der Waals surface area contributed by atoms with Crippen LogP contribution in [0.2, 0.25) is 0 Å². The maximum atomic E-state index is 12.7. The number of carbonyl (C=O) groups excluding carboxylic acids is 1. The molecule has 114 valence electrons. The van der Waals surface area contributed by atoms with E-state index >= 15 is 0 Å². The zero-order valence-corrected chi connectivity index (χ0v) is 12.5. The molecule has 0 aliphatic rings. The van der Waals surface area contributed by atoms with Crippen molar-refractivity contribution in [2.24, 2.45) is 0 Å². The molecule has 23 heavy (non-hydrogen) atoms. The van der Waals surface area contributed by atoms with E-state index in [2.05, 4.69) is 9.97 Å². The van der Waals surface area contributed by atoms with E-state index in [-0.39, 0.29) is 5.78 Å². The molecule has 0 aliphatic carbocycles. The highest BCUT2D eigenvalue weighted by Gasteiger charge is 2.25. The first-order valence-corrected chi connectivity index (χ1v) is 7.36. The van der Waals surface area contributed by atoms with Gasteiger partial charge in [-0.15, -0.1) is 0 Å². The first kappa shape index (κ1) is 15.1. The maximum Gasteiger partial charge on any atom is 0.215 e. The second-order valence-corrected chi connectivity index (χ2v) is 5.01. The molecule has 1 aromatic carbocycles. The molecule has 1 atom stereocenters. The first-order valence-electron chi connectivity index (χ1n) is 7.36. The number of rotatable bonds is 6. The molecule has 0 amide bonds. The van der Waals surface area contributed by atoms with E-state index < -0.39 is 6.10 Å². The molecule has 3 rings (SSSR count). The fourth-order valence-electron chi connectivity index (χ4n) is 2.22. The SMILES string of the molecule is O=C(c1ccccn1)C(OCc1ccccc1)c1ccccn1. The Morgan fingerprint density at radius 1 is 0.870 bits per heavy atom. The summed E-state index contributed by atoms with van der Waals surface area (Å²) in [4.78, 5) is 21.1. The molecule has 0 aliphatic heterocycles. The highest BCUT2D eigenvalue weighted by Crippen LogP contribution is 2.21. The lowest BCUT2D eigenvalue weighted by molar-refractivity contribution is 0.0313. The van der Waals surface area contributed by atoms with E-state index in [1.807, 2.05) is 42.5 Å². The van der Waals surface area contributed by atoms with E-state index in [9.17, 15) is 4.79 Å². The lowest BCUT2D eigenvalue weighted by Crippen LogP contribution is -2.18. The van der Waals surface area contributed by atoms with Crippen molar-refractivity contribution in [1.29, 1.82) is 0 Å². The minimum absolute atomic E-state index is 0.194. The average molecular weight is 304 g/mol. The summed E-state index contributed by atoms with van der Waals surface area (Å²) in [6.45, 7) is 0.334. The highest BCUT2D eigenvalue weighted by molar-refractivity contribution is 5.98. The van der Waals surface area contributed by atoms with Gasteiger partial charge in [0.2, 0.25) is 5.78 Å². The zero-order chi connectivity index (χ0) is 15.9. The van der Waals surface area contributed by atoms with Crippen LogP contribution >= 0.6 is 0 Å². The number of carbonyl (C=O) groups is 1. The minimum atomic E-state index is -0.772. The van der Waals surface area contributed by atoms with Gasteiger partial charge < -0.3 is 4.74 Å². The normalized spacial score (nSPS) is 11.8. The van der Waals surface area contributed by atoms with E-state index in [1.54, 1.807) is 36.7 Å². The van der Waals surface area contributed by atoms with Crippen LogP contribution in [0.3, 0.4) is 0 Å². The van der Waals surface area contributed by atoms with Crippen molar-refractivity contribution in [2.75, 3.05) is 0 Å². The summed E-state index contributed by atoms with van der Waals surface area (Å²) in [7, 11) is 0. The van der Waals surface area contributed by atoms with Crippen molar-refractivity contribution >= 4 is 5.78 Å². The summed E-state index contributed by atoms with van der Waals surface area (Å²) in [5.41, 5.74) is 1.96. The Labute approximate surface area is 134 Å². The van der Waals surface area contributed by atoms with Gasteiger partial charge in [0.25, 0.3) is 0 Å². The van der Waals surface area contributed by atoms with Crippen LogP contribution in [0.5, 0.6) is 0 Å². The number of aromatic nitrogens is 2. The summed E-state index contributed by atoms with van der Waals surface area (Å²) in [5.74, 6) is -0.194. The Kier molecular flexibility index (Phi) is 4.86. The molecular formula is C19H16N2O2. The van der Waals surface area contributed by atoms with Crippen molar-refractivity contribution < 1.29 is 9.53 Å². The Morgan fingerprint density at radius 2 is 1.57 bits per heavy atom. The molecule has 0 fully saturated rings. The number of ether oxygens (including phenoxy) is 1. The molecule has 0 spiro atoms. The summed E-state index contributed by atoms with van der Waals surface area (Å²) in [6, 6.07) is 20.4. The Hall–Kier alpha value is -2.85. The fraction of sp³-hybridized carbons (Fsp3) is 0.105. The molecule has 0 saturated carbocycles. The van der Waals surface area contributed by atoms with Gasteiger partial charge in [0.1, 0.15) is 5.69 Å². The van der Waals surface area contributed by atoms with Crippen LogP contribution in [-0.4, -0.2) is 15.8 Å². The average Bonchev–Trinajstić information content (AvgIpc) is 2.64. The predicted molar refractivity (Wildman–Crippen MR) is 86.8 cm³/mol. The molecule has 0 radical (unpaired) electrons. The van der Waals surface area contributed by atoms with Gasteiger partial charge in [-0.25, -0.2) is 0 Å². The van der Waals surface area contributed by atoms with Crippen molar-refractivity contribution in [3.8, 4) is 0 Å². The number of hydrogen-bond donors (Lipinski definition) is 0. The summed E-state index contributed by atoms with van der Waals surface area (Å²) >= 11 is 0. The third-order valence-corrected chi connectivity index (χ3v) is 3.37. The Balaban J connectivity index is 1.84. The molecule has 3 aromatic rings. The van der Waals surface area contributed by atoms with Crippen LogP contribution in [0.4, 0.5) is 0 Å². The zero-order valence-electron chi connectivity index (χ0n) is 12.5. The van der Waals surface area contributed by atoms with Gasteiger partial charge in [-0.05, 0) is 29.8 Å². The molecule has 1 unspecified atom stereocenters. The van der Waals surface area contributed by atoms with Gasteiger partial charge in [-0.3, -0.25) is 14.8 Å². The first-order chi connectivity index (χ1) is 11.3. The van der Waals surface area contributed by atoms with Crippen molar-refractivity contribution in [2.45, 2.75) is 12.7 Å². The van der Waals surface area contributed by atoms with Crippen LogP contribution in [0.1, 0.15) is 27.8 Å². The van der Waals surface area contributed by atoms with Gasteiger partial charge in [0.15, 0.2) is 6.10 Å². The summed E-state index contributed by atoms with van der Waals surface area (Å²) < 4.78 is 5.88. The van der Waals surface area contributed by atoms with Gasteiger partial charge in [0, 0.05) is 12.4 Å². The number of Topliss-reactive ketones (excluding diaryl/α,β-unsaturated/α-hetero) is 1. The number of hydrogen-bond acceptors (Lipinski definition) is 4. The van der Waals surface area contributed by atoms with Crippen LogP contribution in [0.25, 0.3) is 0 Å². The Morgan fingerprint density at radius 3 is 2.22 bits per heavy atom. The highest BCUT2D eigenvalue weighted by atomic mass is 16.5. The fourth-order valence-corrected chi connectivity index (χ4v) is 2.22. The molecule has 4 heteroatoms. The molecule has 4 nitrogen and oxygen atoms in total. The Bertz CT molecular complexity index is 746. The van der Waals surface area contributed by atoms with Crippen LogP contribution < -0.4 is 0 Å². The predicted octanol–water partition coefficient (Wildman–Crippen LogP) is 3.62.